The number of anilines is 1. The SMILES string of the molecule is C[C@@H](Sc1ccccn1)C(=O)Nc1cccc(S(=O)(=O)N2CCCCC2)c1. The molecule has 1 amide bonds. The number of hydrogen-bond donors (Lipinski definition) is 1. The third-order valence-electron chi connectivity index (χ3n) is 4.36. The van der Waals surface area contributed by atoms with Gasteiger partial charge < -0.3 is 5.32 Å². The maximum atomic E-state index is 12.8. The molecule has 27 heavy (non-hydrogen) atoms. The first kappa shape index (κ1) is 19.9. The van der Waals surface area contributed by atoms with Crippen molar-refractivity contribution >= 4 is 33.4 Å². The molecule has 0 saturated carbocycles. The van der Waals surface area contributed by atoms with Gasteiger partial charge in [0.2, 0.25) is 15.9 Å². The molecule has 8 heteroatoms. The quantitative estimate of drug-likeness (QED) is 0.746. The molecular weight excluding hydrogens is 382 g/mol. The third kappa shape index (κ3) is 5.09. The van der Waals surface area contributed by atoms with E-state index in [1.54, 1.807) is 31.3 Å². The van der Waals surface area contributed by atoms with Crippen LogP contribution in [0.3, 0.4) is 0 Å². The number of nitrogens with zero attached hydrogens (tertiary/aromatic N) is 2. The van der Waals surface area contributed by atoms with Crippen LogP contribution in [0, 0.1) is 0 Å². The van der Waals surface area contributed by atoms with E-state index in [-0.39, 0.29) is 16.1 Å². The van der Waals surface area contributed by atoms with Gasteiger partial charge in [-0.1, -0.05) is 30.3 Å². The first-order valence-electron chi connectivity index (χ1n) is 8.95. The number of rotatable bonds is 6. The fourth-order valence-corrected chi connectivity index (χ4v) is 5.25. The summed E-state index contributed by atoms with van der Waals surface area (Å²) in [5, 5.41) is 3.21. The topological polar surface area (TPSA) is 79.4 Å². The highest BCUT2D eigenvalue weighted by atomic mass is 32.2. The Hall–Kier alpha value is -1.90. The van der Waals surface area contributed by atoms with Gasteiger partial charge in [0.15, 0.2) is 0 Å². The van der Waals surface area contributed by atoms with Crippen molar-refractivity contribution in [3.05, 3.63) is 48.7 Å². The molecule has 0 radical (unpaired) electrons. The molecule has 144 valence electrons. The summed E-state index contributed by atoms with van der Waals surface area (Å²) in [6.45, 7) is 2.90. The number of aromatic nitrogens is 1. The predicted octanol–water partition coefficient (Wildman–Crippen LogP) is 3.38. The van der Waals surface area contributed by atoms with Crippen molar-refractivity contribution < 1.29 is 13.2 Å². The van der Waals surface area contributed by atoms with E-state index < -0.39 is 10.0 Å². The Bertz CT molecular complexity index is 882. The van der Waals surface area contributed by atoms with Crippen LogP contribution in [0.1, 0.15) is 26.2 Å². The summed E-state index contributed by atoms with van der Waals surface area (Å²) in [4.78, 5) is 16.9. The fraction of sp³-hybridized carbons (Fsp3) is 0.368. The van der Waals surface area contributed by atoms with Crippen LogP contribution in [0.25, 0.3) is 0 Å². The molecule has 1 aliphatic rings. The van der Waals surface area contributed by atoms with Gasteiger partial charge in [0.1, 0.15) is 0 Å². The number of piperidine rings is 1. The van der Waals surface area contributed by atoms with Crippen LogP contribution in [0.5, 0.6) is 0 Å². The van der Waals surface area contributed by atoms with Gasteiger partial charge in [-0.15, -0.1) is 0 Å². The Labute approximate surface area is 164 Å². The molecule has 0 aliphatic carbocycles. The van der Waals surface area contributed by atoms with Gasteiger partial charge in [0.25, 0.3) is 0 Å². The lowest BCUT2D eigenvalue weighted by Crippen LogP contribution is -2.35. The van der Waals surface area contributed by atoms with Gasteiger partial charge in [0, 0.05) is 25.0 Å². The summed E-state index contributed by atoms with van der Waals surface area (Å²) < 4.78 is 27.1. The standard InChI is InChI=1S/C19H23N3O3S2/c1-15(26-18-10-3-4-11-20-18)19(23)21-16-8-7-9-17(14-16)27(24,25)22-12-5-2-6-13-22/h3-4,7-11,14-15H,2,5-6,12-13H2,1H3,(H,21,23)/t15-/m1/s1. The largest absolute Gasteiger partial charge is 0.325 e. The van der Waals surface area contributed by atoms with Gasteiger partial charge in [0.05, 0.1) is 15.2 Å². The van der Waals surface area contributed by atoms with Crippen molar-refractivity contribution in [3.63, 3.8) is 0 Å². The molecule has 6 nitrogen and oxygen atoms in total. The van der Waals surface area contributed by atoms with Crippen LogP contribution in [0.2, 0.25) is 0 Å². The molecule has 1 aliphatic heterocycles. The predicted molar refractivity (Wildman–Crippen MR) is 107 cm³/mol. The number of hydrogen-bond acceptors (Lipinski definition) is 5. The van der Waals surface area contributed by atoms with Gasteiger partial charge >= 0.3 is 0 Å². The number of carbonyl (C=O) groups is 1. The number of carbonyl (C=O) groups excluding carboxylic acids is 1. The van der Waals surface area contributed by atoms with Crippen molar-refractivity contribution in [2.24, 2.45) is 0 Å². The van der Waals surface area contributed by atoms with Crippen molar-refractivity contribution in [1.29, 1.82) is 0 Å². The number of thioether (sulfide) groups is 1. The minimum Gasteiger partial charge on any atom is -0.325 e. The molecule has 0 unspecified atom stereocenters. The Balaban J connectivity index is 1.69. The summed E-state index contributed by atoms with van der Waals surface area (Å²) in [5.74, 6) is -0.196. The molecule has 1 fully saturated rings. The van der Waals surface area contributed by atoms with E-state index in [1.165, 1.54) is 22.1 Å². The van der Waals surface area contributed by atoms with E-state index in [4.69, 9.17) is 0 Å². The highest BCUT2D eigenvalue weighted by Crippen LogP contribution is 2.25. The van der Waals surface area contributed by atoms with Crippen LogP contribution in [0.15, 0.2) is 58.6 Å². The molecular formula is C19H23N3O3S2. The second kappa shape index (κ2) is 8.86. The van der Waals surface area contributed by atoms with E-state index >= 15 is 0 Å². The van der Waals surface area contributed by atoms with Gasteiger partial charge in [-0.05, 0) is 50.1 Å². The summed E-state index contributed by atoms with van der Waals surface area (Å²) in [6, 6.07) is 12.0. The zero-order valence-electron chi connectivity index (χ0n) is 15.2. The van der Waals surface area contributed by atoms with E-state index in [0.29, 0.717) is 18.8 Å². The number of amides is 1. The Morgan fingerprint density at radius 3 is 2.63 bits per heavy atom. The van der Waals surface area contributed by atoms with Gasteiger partial charge in [-0.2, -0.15) is 4.31 Å². The lowest BCUT2D eigenvalue weighted by molar-refractivity contribution is -0.115. The minimum absolute atomic E-state index is 0.196. The normalized spacial score (nSPS) is 16.6. The van der Waals surface area contributed by atoms with Crippen LogP contribution < -0.4 is 5.32 Å². The Morgan fingerprint density at radius 1 is 1.15 bits per heavy atom. The monoisotopic (exact) mass is 405 g/mol. The zero-order chi connectivity index (χ0) is 19.3. The highest BCUT2D eigenvalue weighted by molar-refractivity contribution is 8.00. The summed E-state index contributed by atoms with van der Waals surface area (Å²) >= 11 is 1.35. The molecule has 1 saturated heterocycles. The number of benzene rings is 1. The lowest BCUT2D eigenvalue weighted by Gasteiger charge is -2.26. The molecule has 0 spiro atoms. The van der Waals surface area contributed by atoms with Crippen molar-refractivity contribution in [3.8, 4) is 0 Å². The fourth-order valence-electron chi connectivity index (χ4n) is 2.88. The molecule has 3 rings (SSSR count). The smallest absolute Gasteiger partial charge is 0.243 e. The molecule has 1 N–H and O–H groups in total. The van der Waals surface area contributed by atoms with E-state index in [9.17, 15) is 13.2 Å². The molecule has 2 heterocycles. The molecule has 1 aromatic carbocycles. The van der Waals surface area contributed by atoms with Gasteiger partial charge in [-0.25, -0.2) is 13.4 Å². The van der Waals surface area contributed by atoms with Crippen molar-refractivity contribution in [2.45, 2.75) is 41.4 Å². The average molecular weight is 406 g/mol. The lowest BCUT2D eigenvalue weighted by atomic mass is 10.2. The number of sulfonamides is 1. The van der Waals surface area contributed by atoms with Crippen LogP contribution in [-0.4, -0.2) is 42.0 Å². The van der Waals surface area contributed by atoms with Gasteiger partial charge in [-0.3, -0.25) is 4.79 Å². The van der Waals surface area contributed by atoms with Crippen molar-refractivity contribution in [1.82, 2.24) is 9.29 Å². The first-order chi connectivity index (χ1) is 13.0. The van der Waals surface area contributed by atoms with Crippen LogP contribution >= 0.6 is 11.8 Å². The maximum absolute atomic E-state index is 12.8. The second-order valence-electron chi connectivity index (χ2n) is 6.41. The van der Waals surface area contributed by atoms with E-state index in [1.807, 2.05) is 18.2 Å². The molecule has 1 atom stereocenters. The van der Waals surface area contributed by atoms with E-state index in [0.717, 1.165) is 24.3 Å². The van der Waals surface area contributed by atoms with Crippen LogP contribution in [0.4, 0.5) is 5.69 Å². The minimum atomic E-state index is -3.52. The third-order valence-corrected chi connectivity index (χ3v) is 7.30. The zero-order valence-corrected chi connectivity index (χ0v) is 16.8. The molecule has 0 bridgehead atoms. The number of nitrogens with one attached hydrogen (secondary N) is 1. The van der Waals surface area contributed by atoms with E-state index in [2.05, 4.69) is 10.3 Å². The summed E-state index contributed by atoms with van der Waals surface area (Å²) in [6.07, 6.45) is 4.52. The summed E-state index contributed by atoms with van der Waals surface area (Å²) in [7, 11) is -3.52. The summed E-state index contributed by atoms with van der Waals surface area (Å²) in [5.41, 5.74) is 0.478. The first-order valence-corrected chi connectivity index (χ1v) is 11.3. The maximum Gasteiger partial charge on any atom is 0.243 e. The molecule has 1 aromatic heterocycles. The Morgan fingerprint density at radius 2 is 1.93 bits per heavy atom. The molecule has 2 aromatic rings. The van der Waals surface area contributed by atoms with Crippen molar-refractivity contribution in [2.75, 3.05) is 18.4 Å². The second-order valence-corrected chi connectivity index (χ2v) is 9.71. The highest BCUT2D eigenvalue weighted by Gasteiger charge is 2.26. The average Bonchev–Trinajstić information content (AvgIpc) is 2.69. The number of pyridine rings is 1. The van der Waals surface area contributed by atoms with Crippen LogP contribution in [-0.2, 0) is 14.8 Å². The Kier molecular flexibility index (Phi) is 6.51.